The number of rotatable bonds is 6. The van der Waals surface area contributed by atoms with Crippen molar-refractivity contribution in [1.82, 2.24) is 34.3 Å². The monoisotopic (exact) mass is 454 g/mol. The van der Waals surface area contributed by atoms with Gasteiger partial charge in [0.1, 0.15) is 6.54 Å². The summed E-state index contributed by atoms with van der Waals surface area (Å²) in [5.74, 6) is -0.190. The molecule has 0 aliphatic carbocycles. The van der Waals surface area contributed by atoms with Gasteiger partial charge in [0.05, 0.1) is 29.8 Å². The second kappa shape index (κ2) is 8.58. The molecule has 34 heavy (non-hydrogen) atoms. The van der Waals surface area contributed by atoms with E-state index in [1.807, 2.05) is 45.4 Å². The van der Waals surface area contributed by atoms with Crippen molar-refractivity contribution in [3.63, 3.8) is 0 Å². The number of hydrogen-bond acceptors (Lipinski definition) is 5. The Morgan fingerprint density at radius 1 is 1.06 bits per heavy atom. The van der Waals surface area contributed by atoms with E-state index in [2.05, 4.69) is 50.7 Å². The maximum atomic E-state index is 12.8. The molecule has 4 heterocycles. The topological polar surface area (TPSA) is 95.5 Å². The maximum absolute atomic E-state index is 12.8. The van der Waals surface area contributed by atoms with E-state index in [0.717, 1.165) is 33.5 Å². The third-order valence-corrected chi connectivity index (χ3v) is 5.79. The SMILES string of the molecule is Cc1cccc(-c2ccnc3c2c(C)nn3CC(=O)Nc2cnn(Cc3cn(C)nc3C)c2)c1. The second-order valence-corrected chi connectivity index (χ2v) is 8.56. The van der Waals surface area contributed by atoms with Crippen molar-refractivity contribution in [3.8, 4) is 11.1 Å². The lowest BCUT2D eigenvalue weighted by atomic mass is 10.0. The molecule has 5 rings (SSSR count). The average Bonchev–Trinajstić information content (AvgIpc) is 3.46. The third kappa shape index (κ3) is 4.19. The van der Waals surface area contributed by atoms with Crippen molar-refractivity contribution in [3.05, 3.63) is 77.6 Å². The number of fused-ring (bicyclic) bond motifs is 1. The first-order chi connectivity index (χ1) is 16.4. The Bertz CT molecular complexity index is 1510. The van der Waals surface area contributed by atoms with Gasteiger partial charge in [-0.25, -0.2) is 9.67 Å². The van der Waals surface area contributed by atoms with Crippen molar-refractivity contribution in [2.75, 3.05) is 5.32 Å². The van der Waals surface area contributed by atoms with E-state index < -0.39 is 0 Å². The number of aryl methyl sites for hydroxylation is 4. The van der Waals surface area contributed by atoms with Crippen LogP contribution in [0, 0.1) is 20.8 Å². The molecule has 0 atom stereocenters. The van der Waals surface area contributed by atoms with Gasteiger partial charge in [0.2, 0.25) is 5.91 Å². The fourth-order valence-corrected chi connectivity index (χ4v) is 4.27. The largest absolute Gasteiger partial charge is 0.322 e. The minimum absolute atomic E-state index is 0.0570. The van der Waals surface area contributed by atoms with E-state index >= 15 is 0 Å². The number of nitrogens with zero attached hydrogens (tertiary/aromatic N) is 7. The van der Waals surface area contributed by atoms with Crippen molar-refractivity contribution in [1.29, 1.82) is 0 Å². The zero-order chi connectivity index (χ0) is 23.8. The highest BCUT2D eigenvalue weighted by Gasteiger charge is 2.16. The standard InChI is InChI=1S/C25H26N8O/c1-16-6-5-7-19(10-16)22-8-9-26-25-24(22)18(3)30-33(25)15-23(34)28-21-11-27-32(14-21)13-20-12-31(4)29-17(20)2/h5-12,14H,13,15H2,1-4H3,(H,28,34). The van der Waals surface area contributed by atoms with Crippen LogP contribution in [0.25, 0.3) is 22.2 Å². The lowest BCUT2D eigenvalue weighted by molar-refractivity contribution is -0.116. The number of amides is 1. The average molecular weight is 455 g/mol. The van der Waals surface area contributed by atoms with Crippen molar-refractivity contribution in [2.45, 2.75) is 33.9 Å². The predicted molar refractivity (Wildman–Crippen MR) is 130 cm³/mol. The second-order valence-electron chi connectivity index (χ2n) is 8.56. The molecule has 172 valence electrons. The molecule has 9 heteroatoms. The van der Waals surface area contributed by atoms with Crippen molar-refractivity contribution in [2.24, 2.45) is 7.05 Å². The van der Waals surface area contributed by atoms with Gasteiger partial charge in [-0.05, 0) is 38.0 Å². The number of carbonyl (C=O) groups excluding carboxylic acids is 1. The van der Waals surface area contributed by atoms with Crippen LogP contribution in [-0.2, 0) is 24.9 Å². The number of carbonyl (C=O) groups is 1. The highest BCUT2D eigenvalue weighted by Crippen LogP contribution is 2.30. The number of hydrogen-bond donors (Lipinski definition) is 1. The molecule has 4 aromatic heterocycles. The summed E-state index contributed by atoms with van der Waals surface area (Å²) >= 11 is 0. The molecular formula is C25H26N8O. The molecule has 0 radical (unpaired) electrons. The van der Waals surface area contributed by atoms with Crippen LogP contribution in [0.2, 0.25) is 0 Å². The number of benzene rings is 1. The lowest BCUT2D eigenvalue weighted by Crippen LogP contribution is -2.19. The molecule has 0 aliphatic heterocycles. The van der Waals surface area contributed by atoms with E-state index in [-0.39, 0.29) is 12.5 Å². The Morgan fingerprint density at radius 3 is 2.68 bits per heavy atom. The minimum atomic E-state index is -0.190. The molecule has 0 fully saturated rings. The number of anilines is 1. The van der Waals surface area contributed by atoms with E-state index in [1.165, 1.54) is 5.56 Å². The van der Waals surface area contributed by atoms with Crippen LogP contribution >= 0.6 is 0 Å². The van der Waals surface area contributed by atoms with Gasteiger partial charge in [-0.1, -0.05) is 29.8 Å². The van der Waals surface area contributed by atoms with Crippen LogP contribution < -0.4 is 5.32 Å². The molecule has 0 unspecified atom stereocenters. The molecule has 0 bridgehead atoms. The van der Waals surface area contributed by atoms with Crippen LogP contribution in [0.15, 0.2) is 55.1 Å². The molecule has 1 aromatic carbocycles. The predicted octanol–water partition coefficient (Wildman–Crippen LogP) is 3.64. The Balaban J connectivity index is 1.34. The maximum Gasteiger partial charge on any atom is 0.246 e. The number of nitrogens with one attached hydrogen (secondary N) is 1. The minimum Gasteiger partial charge on any atom is -0.322 e. The highest BCUT2D eigenvalue weighted by molar-refractivity contribution is 5.96. The summed E-state index contributed by atoms with van der Waals surface area (Å²) in [6.07, 6.45) is 7.19. The highest BCUT2D eigenvalue weighted by atomic mass is 16.2. The summed E-state index contributed by atoms with van der Waals surface area (Å²) in [7, 11) is 1.89. The summed E-state index contributed by atoms with van der Waals surface area (Å²) in [5, 5.41) is 17.2. The van der Waals surface area contributed by atoms with Crippen LogP contribution in [0.5, 0.6) is 0 Å². The Kier molecular flexibility index (Phi) is 5.45. The lowest BCUT2D eigenvalue weighted by Gasteiger charge is -2.06. The van der Waals surface area contributed by atoms with E-state index in [1.54, 1.807) is 26.4 Å². The molecule has 0 saturated heterocycles. The first-order valence-electron chi connectivity index (χ1n) is 11.1. The quantitative estimate of drug-likeness (QED) is 0.423. The van der Waals surface area contributed by atoms with Gasteiger partial charge in [-0.3, -0.25) is 14.2 Å². The molecule has 5 aromatic rings. The normalized spacial score (nSPS) is 11.3. The van der Waals surface area contributed by atoms with Crippen LogP contribution in [-0.4, -0.2) is 40.2 Å². The summed E-state index contributed by atoms with van der Waals surface area (Å²) in [5.41, 5.74) is 7.56. The Morgan fingerprint density at radius 2 is 1.91 bits per heavy atom. The van der Waals surface area contributed by atoms with Crippen LogP contribution in [0.3, 0.4) is 0 Å². The van der Waals surface area contributed by atoms with E-state index in [9.17, 15) is 4.79 Å². The van der Waals surface area contributed by atoms with Crippen molar-refractivity contribution >= 4 is 22.6 Å². The molecule has 0 saturated carbocycles. The Hall–Kier alpha value is -4.27. The smallest absolute Gasteiger partial charge is 0.246 e. The van der Waals surface area contributed by atoms with Crippen LogP contribution in [0.1, 0.15) is 22.5 Å². The van der Waals surface area contributed by atoms with Gasteiger partial charge in [0.15, 0.2) is 5.65 Å². The zero-order valence-electron chi connectivity index (χ0n) is 19.6. The molecule has 1 N–H and O–H groups in total. The first kappa shape index (κ1) is 21.6. The summed E-state index contributed by atoms with van der Waals surface area (Å²) in [4.78, 5) is 17.3. The van der Waals surface area contributed by atoms with E-state index in [4.69, 9.17) is 0 Å². The van der Waals surface area contributed by atoms with Gasteiger partial charge in [-0.15, -0.1) is 0 Å². The molecule has 9 nitrogen and oxygen atoms in total. The molecule has 0 aliphatic rings. The van der Waals surface area contributed by atoms with Gasteiger partial charge in [0.25, 0.3) is 0 Å². The first-order valence-corrected chi connectivity index (χ1v) is 11.1. The third-order valence-electron chi connectivity index (χ3n) is 5.79. The van der Waals surface area contributed by atoms with Crippen LogP contribution in [0.4, 0.5) is 5.69 Å². The number of aromatic nitrogens is 7. The van der Waals surface area contributed by atoms with Gasteiger partial charge >= 0.3 is 0 Å². The summed E-state index contributed by atoms with van der Waals surface area (Å²) in [6, 6.07) is 10.3. The van der Waals surface area contributed by atoms with E-state index in [0.29, 0.717) is 17.9 Å². The zero-order valence-corrected chi connectivity index (χ0v) is 19.6. The molecular weight excluding hydrogens is 428 g/mol. The molecule has 0 spiro atoms. The molecule has 1 amide bonds. The van der Waals surface area contributed by atoms with Crippen molar-refractivity contribution < 1.29 is 4.79 Å². The fraction of sp³-hybridized carbons (Fsp3) is 0.240. The fourth-order valence-electron chi connectivity index (χ4n) is 4.27. The summed E-state index contributed by atoms with van der Waals surface area (Å²) in [6.45, 7) is 6.63. The summed E-state index contributed by atoms with van der Waals surface area (Å²) < 4.78 is 5.22. The van der Waals surface area contributed by atoms with Gasteiger partial charge in [0, 0.05) is 36.6 Å². The Labute approximate surface area is 197 Å². The van der Waals surface area contributed by atoms with Gasteiger partial charge < -0.3 is 5.32 Å². The number of pyridine rings is 1. The van der Waals surface area contributed by atoms with Gasteiger partial charge in [-0.2, -0.15) is 15.3 Å².